The summed E-state index contributed by atoms with van der Waals surface area (Å²) >= 11 is 0. The summed E-state index contributed by atoms with van der Waals surface area (Å²) in [6.07, 6.45) is 2.92. The molecule has 84 valence electrons. The van der Waals surface area contributed by atoms with Gasteiger partial charge in [-0.2, -0.15) is 0 Å². The minimum Gasteiger partial charge on any atom is -0.445 e. The maximum Gasteiger partial charge on any atom is 0.261 e. The van der Waals surface area contributed by atoms with E-state index >= 15 is 0 Å². The Kier molecular flexibility index (Phi) is 2.73. The van der Waals surface area contributed by atoms with Crippen LogP contribution in [0.2, 0.25) is 0 Å². The summed E-state index contributed by atoms with van der Waals surface area (Å²) in [6, 6.07) is 4.56. The van der Waals surface area contributed by atoms with E-state index in [2.05, 4.69) is 4.98 Å². The molecule has 0 N–H and O–H groups in total. The van der Waals surface area contributed by atoms with E-state index in [1.165, 1.54) is 24.6 Å². The first-order valence-electron chi connectivity index (χ1n) is 4.43. The number of benzene rings is 1. The van der Waals surface area contributed by atoms with Crippen LogP contribution in [0, 0.1) is 6.92 Å². The molecule has 1 aromatic carbocycles. The lowest BCUT2D eigenvalue weighted by molar-refractivity contribution is 0.574. The summed E-state index contributed by atoms with van der Waals surface area (Å²) in [5.74, 6) is 0.375. The van der Waals surface area contributed by atoms with Crippen LogP contribution in [0.15, 0.2) is 40.0 Å². The van der Waals surface area contributed by atoms with Crippen molar-refractivity contribution in [1.29, 1.82) is 0 Å². The van der Waals surface area contributed by atoms with E-state index < -0.39 is 9.05 Å². The molecular weight excluding hydrogens is 250 g/mol. The lowest BCUT2D eigenvalue weighted by Crippen LogP contribution is -1.93. The van der Waals surface area contributed by atoms with Gasteiger partial charge in [0.15, 0.2) is 0 Å². The Hall–Kier alpha value is -1.33. The van der Waals surface area contributed by atoms with Gasteiger partial charge in [-0.25, -0.2) is 13.4 Å². The van der Waals surface area contributed by atoms with Crippen LogP contribution >= 0.6 is 10.7 Å². The lowest BCUT2D eigenvalue weighted by Gasteiger charge is -2.03. The first-order valence-corrected chi connectivity index (χ1v) is 6.74. The van der Waals surface area contributed by atoms with Crippen molar-refractivity contribution in [2.24, 2.45) is 0 Å². The molecule has 0 unspecified atom stereocenters. The van der Waals surface area contributed by atoms with Gasteiger partial charge >= 0.3 is 0 Å². The maximum atomic E-state index is 11.2. The molecule has 1 heterocycles. The van der Waals surface area contributed by atoms with Crippen LogP contribution < -0.4 is 0 Å². The summed E-state index contributed by atoms with van der Waals surface area (Å²) in [4.78, 5) is 4.00. The van der Waals surface area contributed by atoms with E-state index in [1.807, 2.05) is 6.92 Å². The van der Waals surface area contributed by atoms with Gasteiger partial charge in [-0.05, 0) is 24.6 Å². The average Bonchev–Trinajstić information content (AvgIpc) is 2.69. The molecule has 4 nitrogen and oxygen atoms in total. The third-order valence-electron chi connectivity index (χ3n) is 2.15. The third kappa shape index (κ3) is 2.10. The van der Waals surface area contributed by atoms with Gasteiger partial charge < -0.3 is 4.42 Å². The van der Waals surface area contributed by atoms with Crippen LogP contribution in [-0.2, 0) is 9.05 Å². The summed E-state index contributed by atoms with van der Waals surface area (Å²) < 4.78 is 27.5. The van der Waals surface area contributed by atoms with Crippen LogP contribution in [0.4, 0.5) is 0 Å². The normalized spacial score (nSPS) is 11.6. The van der Waals surface area contributed by atoms with E-state index in [0.717, 1.165) is 5.56 Å². The number of oxazole rings is 1. The summed E-state index contributed by atoms with van der Waals surface area (Å²) in [7, 11) is 1.54. The van der Waals surface area contributed by atoms with Crippen molar-refractivity contribution >= 4 is 19.7 Å². The molecule has 0 amide bonds. The number of hydrogen-bond acceptors (Lipinski definition) is 4. The predicted molar refractivity (Wildman–Crippen MR) is 59.7 cm³/mol. The van der Waals surface area contributed by atoms with Gasteiger partial charge in [-0.3, -0.25) is 0 Å². The second-order valence-electron chi connectivity index (χ2n) is 3.25. The Balaban J connectivity index is 2.63. The van der Waals surface area contributed by atoms with Gasteiger partial charge in [-0.15, -0.1) is 0 Å². The lowest BCUT2D eigenvalue weighted by atomic mass is 10.1. The van der Waals surface area contributed by atoms with E-state index in [0.29, 0.717) is 11.5 Å². The van der Waals surface area contributed by atoms with E-state index in [1.54, 1.807) is 6.07 Å². The molecule has 0 aliphatic heterocycles. The molecule has 0 saturated heterocycles. The van der Waals surface area contributed by atoms with E-state index in [4.69, 9.17) is 15.1 Å². The molecule has 1 aromatic heterocycles. The number of aryl methyl sites for hydroxylation is 1. The van der Waals surface area contributed by atoms with Gasteiger partial charge in [0.25, 0.3) is 9.05 Å². The fraction of sp³-hybridized carbons (Fsp3) is 0.100. The molecule has 0 saturated carbocycles. The molecule has 2 aromatic rings. The van der Waals surface area contributed by atoms with Crippen LogP contribution in [0.1, 0.15) is 5.56 Å². The molecule has 0 aliphatic carbocycles. The van der Waals surface area contributed by atoms with Crippen molar-refractivity contribution in [3.05, 3.63) is 36.2 Å². The molecule has 0 radical (unpaired) electrons. The zero-order valence-corrected chi connectivity index (χ0v) is 9.92. The molecule has 0 fully saturated rings. The zero-order valence-electron chi connectivity index (χ0n) is 8.34. The first kappa shape index (κ1) is 11.2. The highest BCUT2D eigenvalue weighted by atomic mass is 35.7. The first-order chi connectivity index (χ1) is 7.48. The smallest absolute Gasteiger partial charge is 0.261 e. The molecule has 0 aliphatic rings. The van der Waals surface area contributed by atoms with Crippen molar-refractivity contribution in [2.75, 3.05) is 0 Å². The summed E-state index contributed by atoms with van der Waals surface area (Å²) in [5.41, 5.74) is 1.48. The minimum atomic E-state index is -3.73. The van der Waals surface area contributed by atoms with E-state index in [-0.39, 0.29) is 4.90 Å². The predicted octanol–water partition coefficient (Wildman–Crippen LogP) is 2.58. The van der Waals surface area contributed by atoms with Crippen LogP contribution in [-0.4, -0.2) is 13.4 Å². The quantitative estimate of drug-likeness (QED) is 0.776. The van der Waals surface area contributed by atoms with Crippen molar-refractivity contribution in [1.82, 2.24) is 4.98 Å². The number of halogens is 1. The largest absolute Gasteiger partial charge is 0.445 e. The topological polar surface area (TPSA) is 60.2 Å². The Morgan fingerprint density at radius 1 is 1.38 bits per heavy atom. The second-order valence-corrected chi connectivity index (χ2v) is 5.82. The minimum absolute atomic E-state index is 0.0352. The molecular formula is C10H8ClNO3S. The zero-order chi connectivity index (χ0) is 11.8. The van der Waals surface area contributed by atoms with Crippen LogP contribution in [0.5, 0.6) is 0 Å². The Morgan fingerprint density at radius 3 is 2.69 bits per heavy atom. The molecule has 0 atom stereocenters. The van der Waals surface area contributed by atoms with Crippen LogP contribution in [0.25, 0.3) is 11.5 Å². The van der Waals surface area contributed by atoms with Gasteiger partial charge in [0.2, 0.25) is 5.89 Å². The van der Waals surface area contributed by atoms with Crippen molar-refractivity contribution in [3.63, 3.8) is 0 Å². The van der Waals surface area contributed by atoms with Gasteiger partial charge in [-0.1, -0.05) is 6.07 Å². The molecule has 0 spiro atoms. The number of nitrogens with zero attached hydrogens (tertiary/aromatic N) is 1. The van der Waals surface area contributed by atoms with Crippen LogP contribution in [0.3, 0.4) is 0 Å². The van der Waals surface area contributed by atoms with Crippen molar-refractivity contribution in [2.45, 2.75) is 11.8 Å². The molecule has 2 rings (SSSR count). The molecule has 16 heavy (non-hydrogen) atoms. The third-order valence-corrected chi connectivity index (χ3v) is 3.50. The Morgan fingerprint density at radius 2 is 2.12 bits per heavy atom. The number of rotatable bonds is 2. The maximum absolute atomic E-state index is 11.2. The van der Waals surface area contributed by atoms with Gasteiger partial charge in [0.05, 0.1) is 11.1 Å². The fourth-order valence-corrected chi connectivity index (χ4v) is 2.12. The molecule has 6 heteroatoms. The fourth-order valence-electron chi connectivity index (χ4n) is 1.34. The highest BCUT2D eigenvalue weighted by molar-refractivity contribution is 8.13. The molecule has 0 bridgehead atoms. The van der Waals surface area contributed by atoms with Crippen molar-refractivity contribution in [3.8, 4) is 11.5 Å². The highest BCUT2D eigenvalue weighted by Crippen LogP contribution is 2.26. The Bertz CT molecular complexity index is 605. The standard InChI is InChI=1S/C10H8ClNO3S/c1-7-2-3-8(16(11,13)14)6-9(7)10-12-4-5-15-10/h2-6H,1H3. The highest BCUT2D eigenvalue weighted by Gasteiger charge is 2.14. The number of aromatic nitrogens is 1. The number of hydrogen-bond donors (Lipinski definition) is 0. The second kappa shape index (κ2) is 3.92. The van der Waals surface area contributed by atoms with Gasteiger partial charge in [0, 0.05) is 16.2 Å². The van der Waals surface area contributed by atoms with E-state index in [9.17, 15) is 8.42 Å². The average molecular weight is 258 g/mol. The van der Waals surface area contributed by atoms with Gasteiger partial charge in [0.1, 0.15) is 6.26 Å². The SMILES string of the molecule is Cc1ccc(S(=O)(=O)Cl)cc1-c1ncco1. The monoisotopic (exact) mass is 257 g/mol. The summed E-state index contributed by atoms with van der Waals surface area (Å²) in [6.45, 7) is 1.84. The van der Waals surface area contributed by atoms with Crippen molar-refractivity contribution < 1.29 is 12.8 Å². The summed E-state index contributed by atoms with van der Waals surface area (Å²) in [5, 5.41) is 0. The Labute approximate surface area is 97.3 Å².